The lowest BCUT2D eigenvalue weighted by Crippen LogP contribution is -2.56. The summed E-state index contributed by atoms with van der Waals surface area (Å²) in [5, 5.41) is 13.5. The maximum Gasteiger partial charge on any atom is 0.325 e. The fourth-order valence-corrected chi connectivity index (χ4v) is 4.72. The molecule has 2 unspecified atom stereocenters. The van der Waals surface area contributed by atoms with Crippen LogP contribution in [0.5, 0.6) is 0 Å². The standard InChI is InChI=1S/C23H27FN4O2S/c1-23(2,3)20-9-8-17(31-20)12-28-14-25-21(26-22(28)30)27-11-10-18(19(29)13-27)15-4-6-16(24)7-5-15/h4-10,14,19,21,29H,11-13H2,1-3H3,(H,26,30). The molecule has 2 N–H and O–H groups in total. The molecule has 1 aromatic carbocycles. The summed E-state index contributed by atoms with van der Waals surface area (Å²) in [5.41, 5.74) is 1.64. The zero-order chi connectivity index (χ0) is 22.2. The minimum absolute atomic E-state index is 0.0850. The molecule has 0 radical (unpaired) electrons. The normalized spacial score (nSPS) is 22.4. The van der Waals surface area contributed by atoms with Crippen LogP contribution in [0.1, 0.15) is 36.1 Å². The summed E-state index contributed by atoms with van der Waals surface area (Å²) in [6.45, 7) is 7.83. The number of aliphatic hydroxyl groups excluding tert-OH is 1. The van der Waals surface area contributed by atoms with Gasteiger partial charge in [-0.2, -0.15) is 0 Å². The molecular weight excluding hydrogens is 415 g/mol. The molecule has 2 aliphatic rings. The van der Waals surface area contributed by atoms with Gasteiger partial charge in [-0.15, -0.1) is 11.3 Å². The van der Waals surface area contributed by atoms with Crippen molar-refractivity contribution in [3.63, 3.8) is 0 Å². The molecule has 31 heavy (non-hydrogen) atoms. The Labute approximate surface area is 185 Å². The van der Waals surface area contributed by atoms with Gasteiger partial charge in [-0.3, -0.25) is 9.80 Å². The molecule has 2 atom stereocenters. The highest BCUT2D eigenvalue weighted by atomic mass is 32.1. The van der Waals surface area contributed by atoms with E-state index in [0.29, 0.717) is 19.6 Å². The van der Waals surface area contributed by atoms with Crippen molar-refractivity contribution in [1.29, 1.82) is 0 Å². The van der Waals surface area contributed by atoms with E-state index in [1.54, 1.807) is 34.7 Å². The molecular formula is C23H27FN4O2S. The lowest BCUT2D eigenvalue weighted by molar-refractivity contribution is 0.104. The minimum atomic E-state index is -0.744. The maximum absolute atomic E-state index is 13.2. The Morgan fingerprint density at radius 3 is 2.58 bits per heavy atom. The van der Waals surface area contributed by atoms with Crippen LogP contribution in [0.2, 0.25) is 0 Å². The lowest BCUT2D eigenvalue weighted by atomic mass is 9.95. The van der Waals surface area contributed by atoms with E-state index in [-0.39, 0.29) is 17.3 Å². The SMILES string of the molecule is CC(C)(C)c1ccc(CN2C=NC(N3CC=C(c4ccc(F)cc4)C(O)C3)NC2=O)s1. The van der Waals surface area contributed by atoms with Crippen molar-refractivity contribution in [2.75, 3.05) is 13.1 Å². The molecule has 0 aliphatic carbocycles. The second-order valence-electron chi connectivity index (χ2n) is 8.87. The molecule has 0 saturated carbocycles. The third-order valence-corrected chi connectivity index (χ3v) is 6.92. The molecule has 2 aliphatic heterocycles. The molecule has 0 fully saturated rings. The molecule has 6 nitrogen and oxygen atoms in total. The van der Waals surface area contributed by atoms with Crippen LogP contribution >= 0.6 is 11.3 Å². The van der Waals surface area contributed by atoms with E-state index in [1.165, 1.54) is 17.0 Å². The number of rotatable bonds is 4. The number of β-amino-alcohol motifs (C(OH)–C–C–N with tert-alkyl or cyclic N) is 1. The molecule has 0 saturated heterocycles. The first-order valence-corrected chi connectivity index (χ1v) is 11.1. The molecule has 164 valence electrons. The third-order valence-electron chi connectivity index (χ3n) is 5.42. The van der Waals surface area contributed by atoms with E-state index in [2.05, 4.69) is 43.2 Å². The van der Waals surface area contributed by atoms with E-state index >= 15 is 0 Å². The highest BCUT2D eigenvalue weighted by Gasteiger charge is 2.31. The Morgan fingerprint density at radius 2 is 1.97 bits per heavy atom. The van der Waals surface area contributed by atoms with E-state index < -0.39 is 12.4 Å². The Kier molecular flexibility index (Phi) is 5.96. The van der Waals surface area contributed by atoms with Gasteiger partial charge in [0, 0.05) is 22.8 Å². The van der Waals surface area contributed by atoms with Gasteiger partial charge in [-0.25, -0.2) is 14.2 Å². The molecule has 4 rings (SSSR count). The minimum Gasteiger partial charge on any atom is -0.387 e. The summed E-state index contributed by atoms with van der Waals surface area (Å²) in [7, 11) is 0. The van der Waals surface area contributed by atoms with Crippen molar-refractivity contribution in [2.45, 2.75) is 45.1 Å². The first-order chi connectivity index (χ1) is 14.7. The number of benzene rings is 1. The van der Waals surface area contributed by atoms with Crippen LogP contribution < -0.4 is 5.32 Å². The van der Waals surface area contributed by atoms with Crippen molar-refractivity contribution < 1.29 is 14.3 Å². The second kappa shape index (κ2) is 8.53. The van der Waals surface area contributed by atoms with Crippen LogP contribution in [-0.2, 0) is 12.0 Å². The number of thiophene rings is 1. The molecule has 0 bridgehead atoms. The van der Waals surface area contributed by atoms with Gasteiger partial charge in [0.25, 0.3) is 0 Å². The number of urea groups is 1. The number of halogens is 1. The zero-order valence-electron chi connectivity index (χ0n) is 17.9. The Hall–Kier alpha value is -2.55. The number of hydrogen-bond donors (Lipinski definition) is 2. The largest absolute Gasteiger partial charge is 0.387 e. The number of aliphatic imine (C=N–C) groups is 1. The van der Waals surface area contributed by atoms with Crippen molar-refractivity contribution >= 4 is 29.3 Å². The number of carbonyl (C=O) groups excluding carboxylic acids is 1. The number of aliphatic hydroxyl groups is 1. The number of nitrogens with zero attached hydrogens (tertiary/aromatic N) is 3. The summed E-state index contributed by atoms with van der Waals surface area (Å²) < 4.78 is 13.2. The van der Waals surface area contributed by atoms with E-state index in [4.69, 9.17) is 0 Å². The quantitative estimate of drug-likeness (QED) is 0.757. The average molecular weight is 443 g/mol. The summed E-state index contributed by atoms with van der Waals surface area (Å²) in [6.07, 6.45) is 2.20. The fourth-order valence-electron chi connectivity index (χ4n) is 3.66. The van der Waals surface area contributed by atoms with Gasteiger partial charge in [0.15, 0.2) is 6.29 Å². The summed E-state index contributed by atoms with van der Waals surface area (Å²) in [4.78, 5) is 23.0. The van der Waals surface area contributed by atoms with E-state index in [1.807, 2.05) is 11.0 Å². The molecule has 2 aromatic rings. The third kappa shape index (κ3) is 4.87. The predicted octanol–water partition coefficient (Wildman–Crippen LogP) is 3.78. The number of nitrogens with one attached hydrogen (secondary N) is 1. The van der Waals surface area contributed by atoms with Crippen LogP contribution in [0.4, 0.5) is 9.18 Å². The van der Waals surface area contributed by atoms with Crippen LogP contribution in [0.3, 0.4) is 0 Å². The van der Waals surface area contributed by atoms with Gasteiger partial charge in [0.2, 0.25) is 0 Å². The number of amides is 2. The van der Waals surface area contributed by atoms with Gasteiger partial charge in [-0.05, 0) is 40.8 Å². The van der Waals surface area contributed by atoms with Gasteiger partial charge < -0.3 is 10.4 Å². The zero-order valence-corrected chi connectivity index (χ0v) is 18.7. The van der Waals surface area contributed by atoms with Crippen LogP contribution in [0.15, 0.2) is 47.5 Å². The van der Waals surface area contributed by atoms with Gasteiger partial charge in [0.05, 0.1) is 19.0 Å². The molecule has 2 amide bonds. The highest BCUT2D eigenvalue weighted by Crippen LogP contribution is 2.30. The van der Waals surface area contributed by atoms with Gasteiger partial charge in [-0.1, -0.05) is 39.0 Å². The Bertz CT molecular complexity index is 1010. The summed E-state index contributed by atoms with van der Waals surface area (Å²) in [5.74, 6) is -0.308. The van der Waals surface area contributed by atoms with Crippen molar-refractivity contribution in [2.24, 2.45) is 4.99 Å². The van der Waals surface area contributed by atoms with Crippen molar-refractivity contribution in [3.8, 4) is 0 Å². The topological polar surface area (TPSA) is 68.2 Å². The maximum atomic E-state index is 13.2. The average Bonchev–Trinajstić information content (AvgIpc) is 3.19. The molecule has 0 spiro atoms. The van der Waals surface area contributed by atoms with Gasteiger partial charge in [0.1, 0.15) is 5.82 Å². The predicted molar refractivity (Wildman–Crippen MR) is 121 cm³/mol. The van der Waals surface area contributed by atoms with Gasteiger partial charge >= 0.3 is 6.03 Å². The highest BCUT2D eigenvalue weighted by molar-refractivity contribution is 7.12. The summed E-state index contributed by atoms with van der Waals surface area (Å²) >= 11 is 1.71. The molecule has 3 heterocycles. The molecule has 8 heteroatoms. The van der Waals surface area contributed by atoms with E-state index in [9.17, 15) is 14.3 Å². The first-order valence-electron chi connectivity index (χ1n) is 10.3. The summed E-state index contributed by atoms with van der Waals surface area (Å²) in [6, 6.07) is 10.0. The van der Waals surface area contributed by atoms with Crippen LogP contribution in [-0.4, -0.2) is 52.8 Å². The van der Waals surface area contributed by atoms with E-state index in [0.717, 1.165) is 16.0 Å². The van der Waals surface area contributed by atoms with Crippen molar-refractivity contribution in [1.82, 2.24) is 15.1 Å². The Balaban J connectivity index is 1.40. The number of hydrogen-bond acceptors (Lipinski definition) is 5. The first kappa shape index (κ1) is 21.7. The lowest BCUT2D eigenvalue weighted by Gasteiger charge is -2.37. The van der Waals surface area contributed by atoms with Crippen molar-refractivity contribution in [3.05, 3.63) is 63.6 Å². The second-order valence-corrected chi connectivity index (χ2v) is 10.0. The van der Waals surface area contributed by atoms with Crippen LogP contribution in [0, 0.1) is 5.82 Å². The fraction of sp³-hybridized carbons (Fsp3) is 0.391. The Morgan fingerprint density at radius 1 is 1.23 bits per heavy atom. The number of carbonyl (C=O) groups is 1. The molecule has 1 aromatic heterocycles. The van der Waals surface area contributed by atoms with Crippen LogP contribution in [0.25, 0.3) is 5.57 Å². The monoisotopic (exact) mass is 442 g/mol. The smallest absolute Gasteiger partial charge is 0.325 e.